The van der Waals surface area contributed by atoms with Gasteiger partial charge < -0.3 is 10.2 Å². The third-order valence-electron chi connectivity index (χ3n) is 4.62. The van der Waals surface area contributed by atoms with Crippen molar-refractivity contribution in [2.45, 2.75) is 6.18 Å². The highest BCUT2D eigenvalue weighted by molar-refractivity contribution is 6.33. The number of nitrogens with zero attached hydrogens (tertiary/aromatic N) is 2. The van der Waals surface area contributed by atoms with Crippen LogP contribution in [0.4, 0.5) is 18.9 Å². The predicted octanol–water partition coefficient (Wildman–Crippen LogP) is 3.76. The average Bonchev–Trinajstić information content (AvgIpc) is 2.69. The second-order valence-electron chi connectivity index (χ2n) is 6.67. The molecule has 0 atom stereocenters. The minimum atomic E-state index is -4.52. The number of carbonyl (C=O) groups is 2. The first-order valence-corrected chi connectivity index (χ1v) is 9.35. The zero-order valence-electron chi connectivity index (χ0n) is 15.4. The fourth-order valence-corrected chi connectivity index (χ4v) is 3.23. The normalized spacial score (nSPS) is 15.2. The number of carbonyl (C=O) groups excluding carboxylic acids is 2. The zero-order chi connectivity index (χ0) is 21.0. The number of anilines is 1. The Labute approximate surface area is 171 Å². The van der Waals surface area contributed by atoms with Crippen molar-refractivity contribution >= 4 is 29.1 Å². The predicted molar refractivity (Wildman–Crippen MR) is 104 cm³/mol. The second kappa shape index (κ2) is 8.84. The smallest absolute Gasteiger partial charge is 0.336 e. The first kappa shape index (κ1) is 21.1. The first-order chi connectivity index (χ1) is 13.7. The summed E-state index contributed by atoms with van der Waals surface area (Å²) in [5, 5.41) is 2.47. The molecular weight excluding hydrogens is 407 g/mol. The topological polar surface area (TPSA) is 52.7 Å². The van der Waals surface area contributed by atoms with Crippen molar-refractivity contribution < 1.29 is 22.8 Å². The highest BCUT2D eigenvalue weighted by Crippen LogP contribution is 2.33. The van der Waals surface area contributed by atoms with E-state index in [0.717, 1.165) is 18.2 Å². The van der Waals surface area contributed by atoms with Gasteiger partial charge in [-0.3, -0.25) is 14.5 Å². The summed E-state index contributed by atoms with van der Waals surface area (Å²) in [7, 11) is 0. The van der Waals surface area contributed by atoms with Crippen LogP contribution in [0.5, 0.6) is 0 Å². The third-order valence-corrected chi connectivity index (χ3v) is 4.94. The van der Waals surface area contributed by atoms with Crippen molar-refractivity contribution in [2.75, 3.05) is 38.0 Å². The quantitative estimate of drug-likeness (QED) is 0.811. The average molecular weight is 426 g/mol. The maximum absolute atomic E-state index is 12.8. The van der Waals surface area contributed by atoms with Crippen molar-refractivity contribution in [1.82, 2.24) is 9.80 Å². The molecule has 1 saturated heterocycles. The van der Waals surface area contributed by atoms with Crippen LogP contribution in [-0.2, 0) is 11.0 Å². The zero-order valence-corrected chi connectivity index (χ0v) is 16.1. The number of benzene rings is 2. The van der Waals surface area contributed by atoms with Crippen LogP contribution >= 0.6 is 11.6 Å². The van der Waals surface area contributed by atoms with Crippen molar-refractivity contribution in [2.24, 2.45) is 0 Å². The maximum atomic E-state index is 12.8. The van der Waals surface area contributed by atoms with E-state index in [-0.39, 0.29) is 23.2 Å². The van der Waals surface area contributed by atoms with Crippen LogP contribution in [0.3, 0.4) is 0 Å². The van der Waals surface area contributed by atoms with Crippen molar-refractivity contribution in [3.63, 3.8) is 0 Å². The molecule has 1 N–H and O–H groups in total. The molecule has 1 aliphatic rings. The number of halogens is 4. The van der Waals surface area contributed by atoms with Gasteiger partial charge in [0, 0.05) is 31.7 Å². The molecule has 9 heteroatoms. The molecule has 2 aromatic carbocycles. The molecular formula is C20H19ClF3N3O2. The van der Waals surface area contributed by atoms with Gasteiger partial charge in [-0.2, -0.15) is 13.2 Å². The van der Waals surface area contributed by atoms with Crippen LogP contribution in [0.2, 0.25) is 5.02 Å². The van der Waals surface area contributed by atoms with E-state index in [1.807, 2.05) is 11.0 Å². The van der Waals surface area contributed by atoms with Gasteiger partial charge in [-0.1, -0.05) is 29.8 Å². The molecule has 0 bridgehead atoms. The Hall–Kier alpha value is -2.58. The minimum absolute atomic E-state index is 0.0000577. The van der Waals surface area contributed by atoms with Crippen molar-refractivity contribution in [1.29, 1.82) is 0 Å². The van der Waals surface area contributed by atoms with Gasteiger partial charge in [0.25, 0.3) is 5.91 Å². The van der Waals surface area contributed by atoms with Crippen molar-refractivity contribution in [3.8, 4) is 0 Å². The number of nitrogens with one attached hydrogen (secondary N) is 1. The van der Waals surface area contributed by atoms with Gasteiger partial charge in [0.2, 0.25) is 5.91 Å². The molecule has 2 aromatic rings. The van der Waals surface area contributed by atoms with Gasteiger partial charge in [0.05, 0.1) is 22.8 Å². The molecule has 2 amide bonds. The number of amides is 2. The molecule has 1 fully saturated rings. The van der Waals surface area contributed by atoms with Gasteiger partial charge in [-0.25, -0.2) is 0 Å². The number of alkyl halides is 3. The molecule has 29 heavy (non-hydrogen) atoms. The summed E-state index contributed by atoms with van der Waals surface area (Å²) in [5.41, 5.74) is -0.354. The Morgan fingerprint density at radius 1 is 1.00 bits per heavy atom. The Morgan fingerprint density at radius 2 is 1.66 bits per heavy atom. The van der Waals surface area contributed by atoms with Crippen LogP contribution < -0.4 is 5.32 Å². The lowest BCUT2D eigenvalue weighted by molar-refractivity contribution is -0.137. The highest BCUT2D eigenvalue weighted by Gasteiger charge is 2.31. The molecule has 0 unspecified atom stereocenters. The summed E-state index contributed by atoms with van der Waals surface area (Å²) < 4.78 is 38.5. The van der Waals surface area contributed by atoms with Gasteiger partial charge in [0.15, 0.2) is 0 Å². The third kappa shape index (κ3) is 5.48. The number of rotatable bonds is 4. The Morgan fingerprint density at radius 3 is 2.28 bits per heavy atom. The van der Waals surface area contributed by atoms with E-state index in [9.17, 15) is 22.8 Å². The molecule has 3 rings (SSSR count). The lowest BCUT2D eigenvalue weighted by Gasteiger charge is -2.34. The summed E-state index contributed by atoms with van der Waals surface area (Å²) in [6, 6.07) is 11.7. The van der Waals surface area contributed by atoms with E-state index in [1.165, 1.54) is 0 Å². The summed E-state index contributed by atoms with van der Waals surface area (Å²) in [6.45, 7) is 1.90. The summed E-state index contributed by atoms with van der Waals surface area (Å²) >= 11 is 5.91. The Bertz CT molecular complexity index is 882. The molecule has 5 nitrogen and oxygen atoms in total. The fraction of sp³-hybridized carbons (Fsp3) is 0.300. The van der Waals surface area contributed by atoms with E-state index < -0.39 is 17.6 Å². The summed E-state index contributed by atoms with van der Waals surface area (Å²) in [4.78, 5) is 28.3. The van der Waals surface area contributed by atoms with Crippen LogP contribution in [0.15, 0.2) is 48.5 Å². The highest BCUT2D eigenvalue weighted by atomic mass is 35.5. The van der Waals surface area contributed by atoms with Crippen LogP contribution in [-0.4, -0.2) is 54.3 Å². The van der Waals surface area contributed by atoms with Gasteiger partial charge in [-0.15, -0.1) is 0 Å². The molecule has 1 heterocycles. The lowest BCUT2D eigenvalue weighted by atomic mass is 10.2. The summed E-state index contributed by atoms with van der Waals surface area (Å²) in [6.07, 6.45) is -4.52. The number of hydrogen-bond donors (Lipinski definition) is 1. The standard InChI is InChI=1S/C20H19ClF3N3O2/c21-16-7-6-15(20(22,23)24)12-17(16)25-18(28)13-26-8-10-27(11-9-26)19(29)14-4-2-1-3-5-14/h1-7,12H,8-11,13H2,(H,25,28). The molecule has 154 valence electrons. The molecule has 0 saturated carbocycles. The number of piperazine rings is 1. The number of hydrogen-bond acceptors (Lipinski definition) is 3. The summed E-state index contributed by atoms with van der Waals surface area (Å²) in [5.74, 6) is -0.528. The fourth-order valence-electron chi connectivity index (χ4n) is 3.06. The Kier molecular flexibility index (Phi) is 6.44. The van der Waals surface area contributed by atoms with E-state index in [4.69, 9.17) is 11.6 Å². The monoisotopic (exact) mass is 425 g/mol. The van der Waals surface area contributed by atoms with E-state index >= 15 is 0 Å². The van der Waals surface area contributed by atoms with Gasteiger partial charge in [-0.05, 0) is 30.3 Å². The van der Waals surface area contributed by atoms with Crippen molar-refractivity contribution in [3.05, 3.63) is 64.7 Å². The van der Waals surface area contributed by atoms with E-state index in [0.29, 0.717) is 31.7 Å². The molecule has 0 spiro atoms. The SMILES string of the molecule is O=C(CN1CCN(C(=O)c2ccccc2)CC1)Nc1cc(C(F)(F)F)ccc1Cl. The maximum Gasteiger partial charge on any atom is 0.416 e. The lowest BCUT2D eigenvalue weighted by Crippen LogP contribution is -2.50. The molecule has 0 aromatic heterocycles. The molecule has 0 radical (unpaired) electrons. The molecule has 1 aliphatic heterocycles. The van der Waals surface area contributed by atoms with Crippen LogP contribution in [0.1, 0.15) is 15.9 Å². The first-order valence-electron chi connectivity index (χ1n) is 8.97. The van der Waals surface area contributed by atoms with Gasteiger partial charge in [0.1, 0.15) is 0 Å². The van der Waals surface area contributed by atoms with Crippen LogP contribution in [0, 0.1) is 0 Å². The van der Waals surface area contributed by atoms with Crippen LogP contribution in [0.25, 0.3) is 0 Å². The van der Waals surface area contributed by atoms with E-state index in [1.54, 1.807) is 29.2 Å². The molecule has 0 aliphatic carbocycles. The Balaban J connectivity index is 1.53. The minimum Gasteiger partial charge on any atom is -0.336 e. The van der Waals surface area contributed by atoms with E-state index in [2.05, 4.69) is 5.32 Å². The largest absolute Gasteiger partial charge is 0.416 e. The second-order valence-corrected chi connectivity index (χ2v) is 7.08. The van der Waals surface area contributed by atoms with Gasteiger partial charge >= 0.3 is 6.18 Å².